The number of sulfonamides is 2. The molecule has 1 N–H and O–H groups in total. The topological polar surface area (TPSA) is 126 Å². The fourth-order valence-electron chi connectivity index (χ4n) is 5.43. The molecule has 5 rings (SSSR count). The molecule has 2 heterocycles. The molecule has 4 atom stereocenters. The number of nitrogens with zero attached hydrogens (tertiary/aromatic N) is 3. The lowest BCUT2D eigenvalue weighted by Crippen LogP contribution is -2.48. The van der Waals surface area contributed by atoms with Crippen molar-refractivity contribution in [2.75, 3.05) is 26.2 Å². The van der Waals surface area contributed by atoms with Gasteiger partial charge in [0.25, 0.3) is 0 Å². The Bertz CT molecular complexity index is 1350. The number of morpholine rings is 2. The van der Waals surface area contributed by atoms with Crippen LogP contribution in [0.2, 0.25) is 0 Å². The fourth-order valence-corrected chi connectivity index (χ4v) is 8.67. The lowest BCUT2D eigenvalue weighted by atomic mass is 10.1. The molecule has 0 saturated carbocycles. The fraction of sp³-hybridized carbons (Fsp3) is 0.480. The van der Waals surface area contributed by atoms with E-state index in [1.165, 1.54) is 32.9 Å². The van der Waals surface area contributed by atoms with Crippen LogP contribution in [0.4, 0.5) is 0 Å². The Hall–Kier alpha value is -2.35. The zero-order chi connectivity index (χ0) is 26.7. The molecule has 2 aromatic rings. The van der Waals surface area contributed by atoms with E-state index in [0.717, 1.165) is 0 Å². The molecule has 10 nitrogen and oxygen atoms in total. The van der Waals surface area contributed by atoms with E-state index in [1.54, 1.807) is 12.1 Å². The summed E-state index contributed by atoms with van der Waals surface area (Å²) in [6.45, 7) is 8.29. The van der Waals surface area contributed by atoms with Gasteiger partial charge in [0.15, 0.2) is 0 Å². The first-order chi connectivity index (χ1) is 17.4. The second-order valence-electron chi connectivity index (χ2n) is 10.0. The summed E-state index contributed by atoms with van der Waals surface area (Å²) in [6, 6.07) is 9.39. The minimum Gasteiger partial charge on any atom is -0.410 e. The van der Waals surface area contributed by atoms with E-state index in [2.05, 4.69) is 5.16 Å². The van der Waals surface area contributed by atoms with Crippen LogP contribution < -0.4 is 0 Å². The highest BCUT2D eigenvalue weighted by Gasteiger charge is 2.36. The summed E-state index contributed by atoms with van der Waals surface area (Å²) in [5.41, 5.74) is 2.32. The van der Waals surface area contributed by atoms with Gasteiger partial charge in [-0.05, 0) is 63.1 Å². The van der Waals surface area contributed by atoms with Crippen molar-refractivity contribution >= 4 is 25.8 Å². The van der Waals surface area contributed by atoms with Crippen molar-refractivity contribution in [1.82, 2.24) is 8.61 Å². The molecule has 0 bridgehead atoms. The Morgan fingerprint density at radius 1 is 0.676 bits per heavy atom. The summed E-state index contributed by atoms with van der Waals surface area (Å²) in [4.78, 5) is 0.149. The molecule has 200 valence electrons. The highest BCUT2D eigenvalue weighted by atomic mass is 32.2. The van der Waals surface area contributed by atoms with Crippen LogP contribution in [0.25, 0.3) is 11.1 Å². The second kappa shape index (κ2) is 9.44. The summed E-state index contributed by atoms with van der Waals surface area (Å²) in [6.07, 6.45) is -0.927. The van der Waals surface area contributed by atoms with Crippen LogP contribution in [-0.2, 0) is 29.5 Å². The van der Waals surface area contributed by atoms with Gasteiger partial charge in [-0.3, -0.25) is 0 Å². The van der Waals surface area contributed by atoms with Gasteiger partial charge in [-0.1, -0.05) is 17.3 Å². The van der Waals surface area contributed by atoms with E-state index in [0.29, 0.717) is 22.3 Å². The first kappa shape index (κ1) is 26.3. The normalized spacial score (nSPS) is 28.3. The molecule has 12 heteroatoms. The van der Waals surface area contributed by atoms with E-state index >= 15 is 0 Å². The third-order valence-electron chi connectivity index (χ3n) is 6.93. The average Bonchev–Trinajstić information content (AvgIpc) is 3.15. The van der Waals surface area contributed by atoms with Gasteiger partial charge in [0.05, 0.1) is 34.2 Å². The minimum absolute atomic E-state index is 0.0747. The summed E-state index contributed by atoms with van der Waals surface area (Å²) in [5, 5.41) is 13.4. The van der Waals surface area contributed by atoms with Crippen LogP contribution in [0.3, 0.4) is 0 Å². The van der Waals surface area contributed by atoms with Crippen molar-refractivity contribution in [1.29, 1.82) is 0 Å². The lowest BCUT2D eigenvalue weighted by molar-refractivity contribution is -0.0442. The Kier molecular flexibility index (Phi) is 6.70. The number of hydrogen-bond donors (Lipinski definition) is 1. The third kappa shape index (κ3) is 4.59. The van der Waals surface area contributed by atoms with E-state index in [-0.39, 0.29) is 66.1 Å². The molecule has 2 fully saturated rings. The molecule has 0 unspecified atom stereocenters. The first-order valence-corrected chi connectivity index (χ1v) is 15.1. The molecule has 0 radical (unpaired) electrons. The van der Waals surface area contributed by atoms with E-state index in [4.69, 9.17) is 9.47 Å². The molecule has 37 heavy (non-hydrogen) atoms. The maximum Gasteiger partial charge on any atom is 0.243 e. The molecule has 2 saturated heterocycles. The number of oxime groups is 1. The van der Waals surface area contributed by atoms with Crippen LogP contribution >= 0.6 is 0 Å². The average molecular weight is 550 g/mol. The molecule has 2 aromatic carbocycles. The Morgan fingerprint density at radius 2 is 1.03 bits per heavy atom. The van der Waals surface area contributed by atoms with Gasteiger partial charge < -0.3 is 14.7 Å². The number of rotatable bonds is 4. The van der Waals surface area contributed by atoms with Gasteiger partial charge in [-0.25, -0.2) is 16.8 Å². The van der Waals surface area contributed by atoms with Gasteiger partial charge in [0, 0.05) is 37.3 Å². The maximum atomic E-state index is 13.4. The first-order valence-electron chi connectivity index (χ1n) is 12.2. The number of ether oxygens (including phenoxy) is 2. The molecule has 1 aliphatic carbocycles. The van der Waals surface area contributed by atoms with Crippen molar-refractivity contribution in [2.45, 2.75) is 61.9 Å². The second-order valence-corrected chi connectivity index (χ2v) is 13.9. The monoisotopic (exact) mass is 549 g/mol. The molecule has 0 amide bonds. The van der Waals surface area contributed by atoms with Crippen molar-refractivity contribution in [3.05, 3.63) is 47.5 Å². The van der Waals surface area contributed by atoms with E-state index in [1.807, 2.05) is 27.7 Å². The summed E-state index contributed by atoms with van der Waals surface area (Å²) < 4.78 is 67.9. The predicted molar refractivity (Wildman–Crippen MR) is 137 cm³/mol. The molecule has 0 aromatic heterocycles. The lowest BCUT2D eigenvalue weighted by Gasteiger charge is -2.34. The Morgan fingerprint density at radius 3 is 1.35 bits per heavy atom. The summed E-state index contributed by atoms with van der Waals surface area (Å²) in [7, 11) is -7.65. The van der Waals surface area contributed by atoms with Crippen LogP contribution in [-0.4, -0.2) is 87.0 Å². The quantitative estimate of drug-likeness (QED) is 0.391. The third-order valence-corrected chi connectivity index (χ3v) is 10.6. The van der Waals surface area contributed by atoms with Gasteiger partial charge in [0.2, 0.25) is 20.0 Å². The van der Waals surface area contributed by atoms with Gasteiger partial charge in [-0.2, -0.15) is 8.61 Å². The molecule has 2 aliphatic heterocycles. The van der Waals surface area contributed by atoms with Crippen LogP contribution in [0.15, 0.2) is 51.3 Å². The SMILES string of the molecule is C[C@@H]1CN(S(=O)(=O)c2ccc3c(c2)C(=NO)c2cc(S(=O)(=O)N4C[C@@H](C)O[C@@H](C)C4)ccc2-3)C[C@@H](C)O1. The van der Waals surface area contributed by atoms with Crippen LogP contribution in [0, 0.1) is 0 Å². The minimum atomic E-state index is -3.82. The van der Waals surface area contributed by atoms with Gasteiger partial charge in [0.1, 0.15) is 5.71 Å². The number of benzene rings is 2. The van der Waals surface area contributed by atoms with Crippen molar-refractivity contribution < 1.29 is 31.5 Å². The molecular formula is C25H31N3O7S2. The van der Waals surface area contributed by atoms with Crippen LogP contribution in [0.1, 0.15) is 38.8 Å². The zero-order valence-electron chi connectivity index (χ0n) is 21.2. The highest BCUT2D eigenvalue weighted by Crippen LogP contribution is 2.40. The summed E-state index contributed by atoms with van der Waals surface area (Å²) >= 11 is 0. The highest BCUT2D eigenvalue weighted by molar-refractivity contribution is 7.89. The number of fused-ring (bicyclic) bond motifs is 3. The standard InChI is InChI=1S/C25H31N3O7S2/c1-15-11-27(12-16(2)34-15)36(30,31)19-5-7-21-22-8-6-20(10-24(22)25(26-29)23(21)9-19)37(32,33)28-13-17(3)35-18(4)14-28/h5-10,15-18,29H,11-14H2,1-4H3/t15-,16-,17-,18+/m1/s1. The van der Waals surface area contributed by atoms with Crippen LogP contribution in [0.5, 0.6) is 0 Å². The Balaban J connectivity index is 1.51. The maximum absolute atomic E-state index is 13.4. The van der Waals surface area contributed by atoms with E-state index < -0.39 is 20.0 Å². The van der Waals surface area contributed by atoms with Gasteiger partial charge >= 0.3 is 0 Å². The van der Waals surface area contributed by atoms with E-state index in [9.17, 15) is 22.0 Å². The largest absolute Gasteiger partial charge is 0.410 e. The van der Waals surface area contributed by atoms with Crippen molar-refractivity contribution in [2.24, 2.45) is 5.16 Å². The number of hydrogen-bond acceptors (Lipinski definition) is 8. The molecular weight excluding hydrogens is 518 g/mol. The van der Waals surface area contributed by atoms with Gasteiger partial charge in [-0.15, -0.1) is 0 Å². The van der Waals surface area contributed by atoms with Crippen molar-refractivity contribution in [3.8, 4) is 11.1 Å². The van der Waals surface area contributed by atoms with Crippen molar-refractivity contribution in [3.63, 3.8) is 0 Å². The predicted octanol–water partition coefficient (Wildman–Crippen LogP) is 2.49. The smallest absolute Gasteiger partial charge is 0.243 e. The molecule has 0 spiro atoms. The summed E-state index contributed by atoms with van der Waals surface area (Å²) in [5.74, 6) is 0. The Labute approximate surface area is 217 Å². The molecule has 3 aliphatic rings. The zero-order valence-corrected chi connectivity index (χ0v) is 22.8.